The zero-order chi connectivity index (χ0) is 17.1. The Morgan fingerprint density at radius 1 is 1.17 bits per heavy atom. The molecule has 126 valence electrons. The van der Waals surface area contributed by atoms with Crippen molar-refractivity contribution in [2.75, 3.05) is 19.6 Å². The first-order valence-corrected chi connectivity index (χ1v) is 8.38. The van der Waals surface area contributed by atoms with Gasteiger partial charge in [-0.15, -0.1) is 0 Å². The van der Waals surface area contributed by atoms with E-state index in [0.717, 1.165) is 17.8 Å². The molecule has 0 radical (unpaired) electrons. The van der Waals surface area contributed by atoms with Crippen LogP contribution in [0.3, 0.4) is 0 Å². The fourth-order valence-corrected chi connectivity index (χ4v) is 3.07. The number of nitrogens with one attached hydrogen (secondary N) is 2. The van der Waals surface area contributed by atoms with Crippen molar-refractivity contribution in [1.82, 2.24) is 15.2 Å². The number of hydrogen-bond acceptors (Lipinski definition) is 3. The lowest BCUT2D eigenvalue weighted by molar-refractivity contribution is 0.0632. The van der Waals surface area contributed by atoms with Crippen molar-refractivity contribution in [3.05, 3.63) is 69.6 Å². The monoisotopic (exact) mass is 325 g/mol. The fraction of sp³-hybridized carbons (Fsp3) is 0.368. The molecule has 1 fully saturated rings. The molecule has 0 bridgehead atoms. The van der Waals surface area contributed by atoms with Gasteiger partial charge in [-0.1, -0.05) is 44.2 Å². The van der Waals surface area contributed by atoms with Crippen LogP contribution in [0.4, 0.5) is 0 Å². The highest BCUT2D eigenvalue weighted by Gasteiger charge is 2.29. The van der Waals surface area contributed by atoms with Crippen LogP contribution in [-0.2, 0) is 0 Å². The number of carbonyl (C=O) groups is 1. The van der Waals surface area contributed by atoms with Crippen LogP contribution in [0.25, 0.3) is 0 Å². The van der Waals surface area contributed by atoms with Gasteiger partial charge in [0, 0.05) is 25.3 Å². The number of H-pyrrole nitrogens is 1. The van der Waals surface area contributed by atoms with Crippen LogP contribution in [0.15, 0.2) is 47.3 Å². The van der Waals surface area contributed by atoms with Gasteiger partial charge in [0.25, 0.3) is 11.5 Å². The number of hydrogen-bond donors (Lipinski definition) is 2. The highest BCUT2D eigenvalue weighted by atomic mass is 16.2. The van der Waals surface area contributed by atoms with Crippen molar-refractivity contribution in [3.63, 3.8) is 0 Å². The number of nitrogens with zero attached hydrogens (tertiary/aromatic N) is 1. The number of aromatic amines is 1. The smallest absolute Gasteiger partial charge is 0.261 e. The molecule has 1 atom stereocenters. The summed E-state index contributed by atoms with van der Waals surface area (Å²) in [7, 11) is 0. The quantitative estimate of drug-likeness (QED) is 0.910. The van der Waals surface area contributed by atoms with Gasteiger partial charge in [-0.3, -0.25) is 9.59 Å². The highest BCUT2D eigenvalue weighted by molar-refractivity contribution is 5.94. The lowest BCUT2D eigenvalue weighted by Gasteiger charge is -2.36. The molecule has 1 aliphatic rings. The fourth-order valence-electron chi connectivity index (χ4n) is 3.07. The largest absolute Gasteiger partial charge is 0.329 e. The Kier molecular flexibility index (Phi) is 4.81. The van der Waals surface area contributed by atoms with E-state index >= 15 is 0 Å². The van der Waals surface area contributed by atoms with Gasteiger partial charge in [-0.25, -0.2) is 0 Å². The Bertz CT molecular complexity index is 768. The summed E-state index contributed by atoms with van der Waals surface area (Å²) in [4.78, 5) is 29.9. The molecular formula is C19H23N3O2. The third-order valence-electron chi connectivity index (χ3n) is 4.47. The third-order valence-corrected chi connectivity index (χ3v) is 4.47. The molecule has 2 N–H and O–H groups in total. The number of carbonyl (C=O) groups excluding carboxylic acids is 1. The number of benzene rings is 1. The Labute approximate surface area is 141 Å². The molecule has 1 unspecified atom stereocenters. The minimum absolute atomic E-state index is 0.0587. The molecule has 0 saturated carbocycles. The molecule has 0 aliphatic carbocycles. The van der Waals surface area contributed by atoms with E-state index in [9.17, 15) is 9.59 Å². The summed E-state index contributed by atoms with van der Waals surface area (Å²) >= 11 is 0. The molecule has 1 aliphatic heterocycles. The maximum absolute atomic E-state index is 13.0. The van der Waals surface area contributed by atoms with Gasteiger partial charge in [0.05, 0.1) is 6.04 Å². The summed E-state index contributed by atoms with van der Waals surface area (Å²) < 4.78 is 0. The number of aromatic nitrogens is 1. The number of amides is 1. The summed E-state index contributed by atoms with van der Waals surface area (Å²) in [5.41, 5.74) is 1.82. The molecule has 2 heterocycles. The van der Waals surface area contributed by atoms with E-state index in [2.05, 4.69) is 10.3 Å². The van der Waals surface area contributed by atoms with E-state index < -0.39 is 0 Å². The molecule has 5 heteroatoms. The van der Waals surface area contributed by atoms with Gasteiger partial charge in [-0.05, 0) is 23.6 Å². The molecule has 2 aromatic rings. The molecule has 0 spiro atoms. The Morgan fingerprint density at radius 2 is 1.92 bits per heavy atom. The average Bonchev–Trinajstić information content (AvgIpc) is 2.61. The molecule has 1 aromatic heterocycles. The lowest BCUT2D eigenvalue weighted by atomic mass is 10.0. The summed E-state index contributed by atoms with van der Waals surface area (Å²) in [6.45, 7) is 6.03. The van der Waals surface area contributed by atoms with Crippen molar-refractivity contribution >= 4 is 5.91 Å². The number of piperazine rings is 1. The van der Waals surface area contributed by atoms with Crippen molar-refractivity contribution in [2.45, 2.75) is 25.8 Å². The van der Waals surface area contributed by atoms with E-state index in [1.807, 2.05) is 50.2 Å². The lowest BCUT2D eigenvalue weighted by Crippen LogP contribution is -2.49. The summed E-state index contributed by atoms with van der Waals surface area (Å²) in [6.07, 6.45) is 0. The van der Waals surface area contributed by atoms with Gasteiger partial charge in [-0.2, -0.15) is 0 Å². The first-order chi connectivity index (χ1) is 11.6. The second-order valence-corrected chi connectivity index (χ2v) is 6.44. The molecule has 1 amide bonds. The van der Waals surface area contributed by atoms with E-state index in [-0.39, 0.29) is 29.0 Å². The Morgan fingerprint density at radius 3 is 2.58 bits per heavy atom. The topological polar surface area (TPSA) is 65.2 Å². The Balaban J connectivity index is 1.91. The van der Waals surface area contributed by atoms with E-state index in [1.54, 1.807) is 11.0 Å². The van der Waals surface area contributed by atoms with Crippen LogP contribution >= 0.6 is 0 Å². The standard InChI is InChI=1S/C19H23N3O2/c1-13(2)16-9-8-15(18(23)21-16)19(24)22-11-10-20-12-17(22)14-6-4-3-5-7-14/h3-9,13,17,20H,10-12H2,1-2H3,(H,21,23). The maximum Gasteiger partial charge on any atom is 0.261 e. The maximum atomic E-state index is 13.0. The van der Waals surface area contributed by atoms with Crippen LogP contribution in [0.2, 0.25) is 0 Å². The zero-order valence-corrected chi connectivity index (χ0v) is 14.1. The SMILES string of the molecule is CC(C)c1ccc(C(=O)N2CCNCC2c2ccccc2)c(=O)[nH]1. The zero-order valence-electron chi connectivity index (χ0n) is 14.1. The minimum Gasteiger partial charge on any atom is -0.329 e. The van der Waals surface area contributed by atoms with Crippen molar-refractivity contribution in [2.24, 2.45) is 0 Å². The van der Waals surface area contributed by atoms with Gasteiger partial charge in [0.2, 0.25) is 0 Å². The van der Waals surface area contributed by atoms with Gasteiger partial charge < -0.3 is 15.2 Å². The van der Waals surface area contributed by atoms with Crippen molar-refractivity contribution < 1.29 is 4.79 Å². The Hall–Kier alpha value is -2.40. The first-order valence-electron chi connectivity index (χ1n) is 8.38. The molecule has 3 rings (SSSR count). The summed E-state index contributed by atoms with van der Waals surface area (Å²) in [5, 5.41) is 3.33. The van der Waals surface area contributed by atoms with Crippen LogP contribution in [0.1, 0.15) is 47.4 Å². The second kappa shape index (κ2) is 7.01. The summed E-state index contributed by atoms with van der Waals surface area (Å²) in [6, 6.07) is 13.4. The molecule has 24 heavy (non-hydrogen) atoms. The van der Waals surface area contributed by atoms with E-state index in [1.165, 1.54) is 0 Å². The average molecular weight is 325 g/mol. The van der Waals surface area contributed by atoms with Crippen LogP contribution in [0, 0.1) is 0 Å². The number of pyridine rings is 1. The summed E-state index contributed by atoms with van der Waals surface area (Å²) in [5.74, 6) is 0.0139. The van der Waals surface area contributed by atoms with Crippen LogP contribution in [0.5, 0.6) is 0 Å². The molecule has 5 nitrogen and oxygen atoms in total. The molecule has 1 aromatic carbocycles. The van der Waals surface area contributed by atoms with E-state index in [0.29, 0.717) is 13.1 Å². The predicted octanol–water partition coefficient (Wildman–Crippen LogP) is 2.29. The van der Waals surface area contributed by atoms with Gasteiger partial charge >= 0.3 is 0 Å². The third kappa shape index (κ3) is 3.26. The molecular weight excluding hydrogens is 302 g/mol. The second-order valence-electron chi connectivity index (χ2n) is 6.44. The van der Waals surface area contributed by atoms with Crippen molar-refractivity contribution in [3.8, 4) is 0 Å². The normalized spacial score (nSPS) is 18.0. The number of rotatable bonds is 3. The van der Waals surface area contributed by atoms with Crippen LogP contribution in [-0.4, -0.2) is 35.4 Å². The van der Waals surface area contributed by atoms with Gasteiger partial charge in [0.15, 0.2) is 0 Å². The predicted molar refractivity (Wildman–Crippen MR) is 94.2 cm³/mol. The van der Waals surface area contributed by atoms with E-state index in [4.69, 9.17) is 0 Å². The minimum atomic E-state index is -0.309. The van der Waals surface area contributed by atoms with Crippen molar-refractivity contribution in [1.29, 1.82) is 0 Å². The molecule has 1 saturated heterocycles. The highest BCUT2D eigenvalue weighted by Crippen LogP contribution is 2.23. The first kappa shape index (κ1) is 16.5. The van der Waals surface area contributed by atoms with Gasteiger partial charge in [0.1, 0.15) is 5.56 Å². The van der Waals surface area contributed by atoms with Crippen LogP contribution < -0.4 is 10.9 Å².